The summed E-state index contributed by atoms with van der Waals surface area (Å²) >= 11 is 3.04. The van der Waals surface area contributed by atoms with E-state index in [0.717, 1.165) is 10.7 Å². The van der Waals surface area contributed by atoms with Crippen LogP contribution in [0.2, 0.25) is 0 Å². The van der Waals surface area contributed by atoms with Crippen LogP contribution in [0.5, 0.6) is 0 Å². The molecule has 0 spiro atoms. The third-order valence-corrected chi connectivity index (χ3v) is 4.65. The first kappa shape index (κ1) is 15.3. The predicted octanol–water partition coefficient (Wildman–Crippen LogP) is 0.997. The molecule has 1 N–H and O–H groups in total. The second-order valence-corrected chi connectivity index (χ2v) is 6.41. The zero-order valence-electron chi connectivity index (χ0n) is 11.1. The van der Waals surface area contributed by atoms with E-state index in [-0.39, 0.29) is 18.3 Å². The Morgan fingerprint density at radius 3 is 3.10 bits per heavy atom. The smallest absolute Gasteiger partial charge is 0.328 e. The van der Waals surface area contributed by atoms with Crippen molar-refractivity contribution >= 4 is 35.0 Å². The maximum Gasteiger partial charge on any atom is 0.328 e. The van der Waals surface area contributed by atoms with Gasteiger partial charge >= 0.3 is 5.97 Å². The third kappa shape index (κ3) is 3.94. The summed E-state index contributed by atoms with van der Waals surface area (Å²) in [6.45, 7) is 2.74. The number of carbonyl (C=O) groups excluding carboxylic acids is 1. The first-order valence-electron chi connectivity index (χ1n) is 6.16. The second kappa shape index (κ2) is 7.05. The highest BCUT2D eigenvalue weighted by atomic mass is 32.2. The molecule has 1 aromatic heterocycles. The molecule has 8 heteroatoms. The fraction of sp³-hybridized carbons (Fsp3) is 0.583. The minimum Gasteiger partial charge on any atom is -0.480 e. The van der Waals surface area contributed by atoms with Crippen LogP contribution in [0.3, 0.4) is 0 Å². The lowest BCUT2D eigenvalue weighted by Gasteiger charge is -2.32. The van der Waals surface area contributed by atoms with E-state index in [9.17, 15) is 9.59 Å². The molecule has 1 atom stereocenters. The number of aryl methyl sites for hydroxylation is 1. The van der Waals surface area contributed by atoms with Gasteiger partial charge in [0.05, 0.1) is 29.7 Å². The summed E-state index contributed by atoms with van der Waals surface area (Å²) in [5, 5.41) is 12.1. The molecular formula is C12H16N2O4S2. The van der Waals surface area contributed by atoms with Crippen LogP contribution in [0.1, 0.15) is 10.7 Å². The fourth-order valence-electron chi connectivity index (χ4n) is 1.91. The number of rotatable bonds is 5. The van der Waals surface area contributed by atoms with Crippen LogP contribution in [0.15, 0.2) is 5.38 Å². The normalized spacial score (nSPS) is 19.1. The summed E-state index contributed by atoms with van der Waals surface area (Å²) < 4.78 is 5.11. The van der Waals surface area contributed by atoms with Gasteiger partial charge in [-0.25, -0.2) is 9.78 Å². The SMILES string of the molecule is Cc1nc(CSCC(=O)N2CCOCC2C(=O)O)cs1. The Bertz CT molecular complexity index is 492. The molecular weight excluding hydrogens is 300 g/mol. The number of aromatic nitrogens is 1. The molecule has 110 valence electrons. The number of amides is 1. The van der Waals surface area contributed by atoms with Crippen molar-refractivity contribution in [3.8, 4) is 0 Å². The topological polar surface area (TPSA) is 79.7 Å². The van der Waals surface area contributed by atoms with Crippen LogP contribution in [0.4, 0.5) is 0 Å². The van der Waals surface area contributed by atoms with Crippen molar-refractivity contribution in [3.05, 3.63) is 16.1 Å². The summed E-state index contributed by atoms with van der Waals surface area (Å²) in [6, 6.07) is -0.863. The summed E-state index contributed by atoms with van der Waals surface area (Å²) in [7, 11) is 0. The van der Waals surface area contributed by atoms with Crippen molar-refractivity contribution in [2.75, 3.05) is 25.5 Å². The van der Waals surface area contributed by atoms with Crippen molar-refractivity contribution < 1.29 is 19.4 Å². The number of carboxylic acid groups (broad SMARTS) is 1. The monoisotopic (exact) mass is 316 g/mol. The Kier molecular flexibility index (Phi) is 5.38. The van der Waals surface area contributed by atoms with Crippen LogP contribution >= 0.6 is 23.1 Å². The number of aliphatic carboxylic acids is 1. The molecule has 0 saturated carbocycles. The Morgan fingerprint density at radius 2 is 2.45 bits per heavy atom. The number of morpholine rings is 1. The van der Waals surface area contributed by atoms with Crippen molar-refractivity contribution in [3.63, 3.8) is 0 Å². The molecule has 0 aromatic carbocycles. The molecule has 1 aromatic rings. The molecule has 6 nitrogen and oxygen atoms in total. The van der Waals surface area contributed by atoms with Crippen molar-refractivity contribution in [2.45, 2.75) is 18.7 Å². The number of hydrogen-bond acceptors (Lipinski definition) is 6. The zero-order valence-corrected chi connectivity index (χ0v) is 12.7. The van der Waals surface area contributed by atoms with E-state index in [1.807, 2.05) is 12.3 Å². The largest absolute Gasteiger partial charge is 0.480 e. The number of nitrogens with zero attached hydrogens (tertiary/aromatic N) is 2. The number of hydrogen-bond donors (Lipinski definition) is 1. The van der Waals surface area contributed by atoms with Crippen LogP contribution in [0, 0.1) is 6.92 Å². The number of thiazole rings is 1. The van der Waals surface area contributed by atoms with Crippen molar-refractivity contribution in [1.82, 2.24) is 9.88 Å². The molecule has 2 heterocycles. The Labute approximate surface area is 125 Å². The molecule has 1 amide bonds. The quantitative estimate of drug-likeness (QED) is 0.873. The number of carbonyl (C=O) groups is 2. The average molecular weight is 316 g/mol. The molecule has 2 rings (SSSR count). The lowest BCUT2D eigenvalue weighted by Crippen LogP contribution is -2.53. The molecule has 20 heavy (non-hydrogen) atoms. The molecule has 1 saturated heterocycles. The lowest BCUT2D eigenvalue weighted by atomic mass is 10.2. The first-order valence-corrected chi connectivity index (χ1v) is 8.20. The van der Waals surface area contributed by atoms with Gasteiger partial charge in [-0.1, -0.05) is 0 Å². The zero-order chi connectivity index (χ0) is 14.5. The standard InChI is InChI=1S/C12H16N2O4S2/c1-8-13-9(6-20-8)5-19-7-11(15)14-2-3-18-4-10(14)12(16)17/h6,10H,2-5,7H2,1H3,(H,16,17). The van der Waals surface area contributed by atoms with Crippen molar-refractivity contribution in [2.24, 2.45) is 0 Å². The van der Waals surface area contributed by atoms with E-state index in [0.29, 0.717) is 18.9 Å². The molecule has 1 fully saturated rings. The van der Waals surface area contributed by atoms with E-state index >= 15 is 0 Å². The summed E-state index contributed by atoms with van der Waals surface area (Å²) in [5.74, 6) is -0.241. The van der Waals surface area contributed by atoms with Crippen LogP contribution < -0.4 is 0 Å². The number of ether oxygens (including phenoxy) is 1. The summed E-state index contributed by atoms with van der Waals surface area (Å²) in [5.41, 5.74) is 0.960. The first-order chi connectivity index (χ1) is 9.58. The van der Waals surface area contributed by atoms with Gasteiger partial charge in [0, 0.05) is 17.7 Å². The average Bonchev–Trinajstić information content (AvgIpc) is 2.84. The van der Waals surface area contributed by atoms with Gasteiger partial charge in [-0.2, -0.15) is 0 Å². The fourth-order valence-corrected chi connectivity index (χ4v) is 3.42. The van der Waals surface area contributed by atoms with Gasteiger partial charge in [0.2, 0.25) is 5.91 Å². The van der Waals surface area contributed by atoms with Crippen LogP contribution in [-0.2, 0) is 20.1 Å². The van der Waals surface area contributed by atoms with Crippen LogP contribution in [-0.4, -0.2) is 58.4 Å². The third-order valence-electron chi connectivity index (χ3n) is 2.88. The van der Waals surface area contributed by atoms with E-state index in [1.165, 1.54) is 16.7 Å². The molecule has 1 unspecified atom stereocenters. The minimum absolute atomic E-state index is 0.0665. The summed E-state index contributed by atoms with van der Waals surface area (Å²) in [4.78, 5) is 28.9. The number of thioether (sulfide) groups is 1. The van der Waals surface area contributed by atoms with E-state index in [2.05, 4.69) is 4.98 Å². The molecule has 0 bridgehead atoms. The van der Waals surface area contributed by atoms with E-state index in [4.69, 9.17) is 9.84 Å². The van der Waals surface area contributed by atoms with Gasteiger partial charge < -0.3 is 14.7 Å². The van der Waals surface area contributed by atoms with Crippen molar-refractivity contribution in [1.29, 1.82) is 0 Å². The second-order valence-electron chi connectivity index (χ2n) is 4.37. The highest BCUT2D eigenvalue weighted by Crippen LogP contribution is 2.17. The predicted molar refractivity (Wildman–Crippen MR) is 77.0 cm³/mol. The lowest BCUT2D eigenvalue weighted by molar-refractivity contribution is -0.157. The van der Waals surface area contributed by atoms with Gasteiger partial charge in [0.15, 0.2) is 6.04 Å². The van der Waals surface area contributed by atoms with E-state index in [1.54, 1.807) is 11.3 Å². The molecule has 0 aliphatic carbocycles. The summed E-state index contributed by atoms with van der Waals surface area (Å²) in [6.07, 6.45) is 0. The van der Waals surface area contributed by atoms with Gasteiger partial charge in [-0.05, 0) is 6.92 Å². The number of carboxylic acids is 1. The van der Waals surface area contributed by atoms with E-state index < -0.39 is 12.0 Å². The molecule has 1 aliphatic rings. The highest BCUT2D eigenvalue weighted by molar-refractivity contribution is 7.99. The Balaban J connectivity index is 1.82. The molecule has 0 radical (unpaired) electrons. The van der Waals surface area contributed by atoms with Gasteiger partial charge in [0.1, 0.15) is 0 Å². The van der Waals surface area contributed by atoms with Gasteiger partial charge in [0.25, 0.3) is 0 Å². The highest BCUT2D eigenvalue weighted by Gasteiger charge is 2.32. The minimum atomic E-state index is -1.02. The molecule has 1 aliphatic heterocycles. The van der Waals surface area contributed by atoms with Gasteiger partial charge in [-0.3, -0.25) is 4.79 Å². The maximum absolute atomic E-state index is 12.1. The van der Waals surface area contributed by atoms with Crippen LogP contribution in [0.25, 0.3) is 0 Å². The maximum atomic E-state index is 12.1. The Hall–Kier alpha value is -1.12. The Morgan fingerprint density at radius 1 is 1.65 bits per heavy atom. The van der Waals surface area contributed by atoms with Gasteiger partial charge in [-0.15, -0.1) is 23.1 Å².